The lowest BCUT2D eigenvalue weighted by Crippen LogP contribution is -2.30. The van der Waals surface area contributed by atoms with Crippen LogP contribution in [0.3, 0.4) is 0 Å². The predicted octanol–water partition coefficient (Wildman–Crippen LogP) is 20.0. The highest BCUT2D eigenvalue weighted by Crippen LogP contribution is 2.45. The van der Waals surface area contributed by atoms with E-state index in [4.69, 9.17) is 37.0 Å². The SMILES string of the molecule is CCCCCCCCCCCCCC(=O)OC[C@H](COP(=O)(O)OC[C@H](O)COP(=O)(O)OC[C@@H](COC(=O)CCCCCCCCCCCCC(C)C)OC(=O)CCCCCCCCCCCCCC(C)C)OC(=O)CCCCCCCCCCCCC. The van der Waals surface area contributed by atoms with Crippen LogP contribution in [-0.4, -0.2) is 96.7 Å². The van der Waals surface area contributed by atoms with E-state index in [1.165, 1.54) is 173 Å². The molecule has 0 aromatic heterocycles. The van der Waals surface area contributed by atoms with E-state index in [1.54, 1.807) is 0 Å². The Morgan fingerprint density at radius 2 is 0.517 bits per heavy atom. The summed E-state index contributed by atoms with van der Waals surface area (Å²) in [6, 6.07) is 0. The minimum absolute atomic E-state index is 0.106. The summed E-state index contributed by atoms with van der Waals surface area (Å²) in [5.74, 6) is -0.599. The monoisotopic (exact) mass is 1310 g/mol. The second-order valence-electron chi connectivity index (χ2n) is 26.2. The molecule has 89 heavy (non-hydrogen) atoms. The Kier molecular flexibility index (Phi) is 60.8. The van der Waals surface area contributed by atoms with Gasteiger partial charge in [-0.3, -0.25) is 37.3 Å². The third-order valence-electron chi connectivity index (χ3n) is 16.2. The first-order valence-corrected chi connectivity index (χ1v) is 39.5. The molecule has 0 bridgehead atoms. The van der Waals surface area contributed by atoms with Gasteiger partial charge in [0.15, 0.2) is 12.2 Å². The second kappa shape index (κ2) is 62.2. The van der Waals surface area contributed by atoms with E-state index in [2.05, 4.69) is 41.5 Å². The van der Waals surface area contributed by atoms with Crippen LogP contribution >= 0.6 is 15.6 Å². The lowest BCUT2D eigenvalue weighted by molar-refractivity contribution is -0.161. The second-order valence-corrected chi connectivity index (χ2v) is 29.1. The number of aliphatic hydroxyl groups is 1. The fraction of sp³-hybridized carbons (Fsp3) is 0.943. The third-order valence-corrected chi connectivity index (χ3v) is 18.1. The number of aliphatic hydroxyl groups excluding tert-OH is 1. The zero-order chi connectivity index (χ0) is 65.7. The molecule has 0 heterocycles. The van der Waals surface area contributed by atoms with Crippen LogP contribution < -0.4 is 0 Å². The van der Waals surface area contributed by atoms with E-state index in [0.717, 1.165) is 102 Å². The summed E-state index contributed by atoms with van der Waals surface area (Å²) in [6.45, 7) is 9.54. The molecule has 0 saturated carbocycles. The number of hydrogen-bond acceptors (Lipinski definition) is 15. The molecule has 0 fully saturated rings. The van der Waals surface area contributed by atoms with Crippen molar-refractivity contribution >= 4 is 39.5 Å². The molecule has 0 aliphatic carbocycles. The molecule has 0 spiro atoms. The molecule has 0 saturated heterocycles. The number of carbonyl (C=O) groups is 4. The smallest absolute Gasteiger partial charge is 0.462 e. The van der Waals surface area contributed by atoms with Crippen LogP contribution in [0, 0.1) is 11.8 Å². The molecule has 0 amide bonds. The summed E-state index contributed by atoms with van der Waals surface area (Å²) in [5.41, 5.74) is 0. The highest BCUT2D eigenvalue weighted by molar-refractivity contribution is 7.47. The van der Waals surface area contributed by atoms with E-state index in [0.29, 0.717) is 25.7 Å². The maximum atomic E-state index is 13.0. The molecule has 0 aromatic carbocycles. The first-order chi connectivity index (χ1) is 42.9. The van der Waals surface area contributed by atoms with Crippen molar-refractivity contribution in [1.82, 2.24) is 0 Å². The van der Waals surface area contributed by atoms with Crippen molar-refractivity contribution in [3.05, 3.63) is 0 Å². The Bertz CT molecular complexity index is 1730. The van der Waals surface area contributed by atoms with Crippen LogP contribution in [0.25, 0.3) is 0 Å². The van der Waals surface area contributed by atoms with E-state index in [-0.39, 0.29) is 25.7 Å². The van der Waals surface area contributed by atoms with Gasteiger partial charge in [-0.15, -0.1) is 0 Å². The van der Waals surface area contributed by atoms with Gasteiger partial charge in [0, 0.05) is 25.7 Å². The van der Waals surface area contributed by atoms with Gasteiger partial charge in [-0.1, -0.05) is 305 Å². The Morgan fingerprint density at radius 1 is 0.303 bits per heavy atom. The van der Waals surface area contributed by atoms with E-state index in [9.17, 15) is 43.2 Å². The van der Waals surface area contributed by atoms with Gasteiger partial charge in [0.25, 0.3) is 0 Å². The zero-order valence-corrected chi connectivity index (χ0v) is 59.5. The van der Waals surface area contributed by atoms with Crippen LogP contribution in [0.15, 0.2) is 0 Å². The number of phosphoric acid groups is 2. The molecule has 0 radical (unpaired) electrons. The van der Waals surface area contributed by atoms with Crippen LogP contribution in [0.1, 0.15) is 356 Å². The number of esters is 4. The van der Waals surface area contributed by atoms with Crippen LogP contribution in [-0.2, 0) is 65.4 Å². The zero-order valence-electron chi connectivity index (χ0n) is 57.7. The summed E-state index contributed by atoms with van der Waals surface area (Å²) < 4.78 is 68.3. The molecule has 0 aliphatic rings. The largest absolute Gasteiger partial charge is 0.472 e. The molecule has 5 atom stereocenters. The molecule has 0 rings (SSSR count). The predicted molar refractivity (Wildman–Crippen MR) is 358 cm³/mol. The Labute approximate surface area is 543 Å². The van der Waals surface area contributed by atoms with Crippen LogP contribution in [0.2, 0.25) is 0 Å². The summed E-state index contributed by atoms with van der Waals surface area (Å²) in [7, 11) is -9.90. The summed E-state index contributed by atoms with van der Waals surface area (Å²) in [6.07, 6.45) is 47.0. The molecule has 0 aromatic rings. The number of phosphoric ester groups is 2. The van der Waals surface area contributed by atoms with Gasteiger partial charge in [-0.25, -0.2) is 9.13 Å². The highest BCUT2D eigenvalue weighted by Gasteiger charge is 2.30. The van der Waals surface area contributed by atoms with Crippen molar-refractivity contribution in [2.24, 2.45) is 11.8 Å². The number of rotatable bonds is 69. The lowest BCUT2D eigenvalue weighted by atomic mass is 10.0. The van der Waals surface area contributed by atoms with Crippen molar-refractivity contribution in [3.8, 4) is 0 Å². The minimum atomic E-state index is -4.95. The lowest BCUT2D eigenvalue weighted by Gasteiger charge is -2.21. The van der Waals surface area contributed by atoms with Gasteiger partial charge < -0.3 is 33.8 Å². The van der Waals surface area contributed by atoms with Crippen molar-refractivity contribution in [3.63, 3.8) is 0 Å². The maximum absolute atomic E-state index is 13.0. The first-order valence-electron chi connectivity index (χ1n) is 36.5. The fourth-order valence-electron chi connectivity index (χ4n) is 10.6. The van der Waals surface area contributed by atoms with Gasteiger partial charge >= 0.3 is 39.5 Å². The molecular weight excluding hydrogens is 1170 g/mol. The van der Waals surface area contributed by atoms with Crippen molar-refractivity contribution < 1.29 is 80.2 Å². The maximum Gasteiger partial charge on any atom is 0.472 e. The number of unbranched alkanes of at least 4 members (excludes halogenated alkanes) is 39. The number of ether oxygens (including phenoxy) is 4. The molecule has 0 aliphatic heterocycles. The summed E-state index contributed by atoms with van der Waals surface area (Å²) >= 11 is 0. The van der Waals surface area contributed by atoms with Crippen molar-refractivity contribution in [2.75, 3.05) is 39.6 Å². The van der Waals surface area contributed by atoms with E-state index >= 15 is 0 Å². The Hall–Kier alpha value is -1.94. The molecule has 3 N–H and O–H groups in total. The average Bonchev–Trinajstić information content (AvgIpc) is 3.55. The molecule has 2 unspecified atom stereocenters. The van der Waals surface area contributed by atoms with Gasteiger partial charge in [0.05, 0.1) is 26.4 Å². The van der Waals surface area contributed by atoms with E-state index < -0.39 is 97.5 Å². The van der Waals surface area contributed by atoms with Gasteiger partial charge in [0.2, 0.25) is 0 Å². The summed E-state index contributed by atoms with van der Waals surface area (Å²) in [5, 5.41) is 10.6. The Balaban J connectivity index is 5.25. The van der Waals surface area contributed by atoms with Gasteiger partial charge in [-0.2, -0.15) is 0 Å². The molecule has 528 valence electrons. The van der Waals surface area contributed by atoms with Crippen molar-refractivity contribution in [1.29, 1.82) is 0 Å². The minimum Gasteiger partial charge on any atom is -0.462 e. The first kappa shape index (κ1) is 87.1. The van der Waals surface area contributed by atoms with Gasteiger partial charge in [-0.05, 0) is 37.5 Å². The quantitative estimate of drug-likeness (QED) is 0.0222. The van der Waals surface area contributed by atoms with Gasteiger partial charge in [0.1, 0.15) is 19.3 Å². The normalized spacial score (nSPS) is 14.1. The average molecular weight is 1310 g/mol. The molecular formula is C70H136O17P2. The van der Waals surface area contributed by atoms with Crippen LogP contribution in [0.5, 0.6) is 0 Å². The standard InChI is InChI=1S/C70H136O17P2/c1-7-9-11-13-15-17-20-28-34-40-46-52-67(72)80-58-65(86-69(74)54-48-42-36-30-21-18-16-14-12-10-8-2)60-84-88(76,77)82-56-64(71)57-83-89(78,79)85-61-66(59-81-68(73)53-47-41-35-29-25-24-27-33-39-45-51-63(5)6)87-70(75)55-49-43-37-31-23-19-22-26-32-38-44-50-62(3)4/h62-66,71H,7-61H2,1-6H3,(H,76,77)(H,78,79)/t64-,65+,66+/m0/s1. The van der Waals surface area contributed by atoms with Crippen molar-refractivity contribution in [2.45, 2.75) is 374 Å². The Morgan fingerprint density at radius 3 is 0.764 bits per heavy atom. The number of hydrogen-bond donors (Lipinski definition) is 3. The fourth-order valence-corrected chi connectivity index (χ4v) is 12.2. The highest BCUT2D eigenvalue weighted by atomic mass is 31.2. The molecule has 17 nitrogen and oxygen atoms in total. The molecule has 19 heteroatoms. The van der Waals surface area contributed by atoms with Crippen LogP contribution in [0.4, 0.5) is 0 Å². The summed E-state index contributed by atoms with van der Waals surface area (Å²) in [4.78, 5) is 72.5. The topological polar surface area (TPSA) is 237 Å². The third kappa shape index (κ3) is 64.6. The number of carbonyl (C=O) groups excluding carboxylic acids is 4. The van der Waals surface area contributed by atoms with E-state index in [1.807, 2.05) is 0 Å².